The molecule has 0 bridgehead atoms. The van der Waals surface area contributed by atoms with Gasteiger partial charge in [-0.1, -0.05) is 41.5 Å². The molecule has 1 aromatic rings. The molecular weight excluding hydrogens is 276 g/mol. The maximum absolute atomic E-state index is 11.3. The number of nitrogens with one attached hydrogen (secondary N) is 1. The standard InChI is InChI=1S/C12H16N2O2.3C2H6/c1-16-12(15)10-2-4-11(5-3-10)14-8-6-13-7-9-14;3*1-2/h2-5,13H,6-9H2,1H3;3*1-2H3. The molecule has 4 heteroatoms. The molecule has 128 valence electrons. The molecule has 1 fully saturated rings. The van der Waals surface area contributed by atoms with Crippen LogP contribution in [0.4, 0.5) is 5.69 Å². The van der Waals surface area contributed by atoms with Crippen molar-refractivity contribution in [2.24, 2.45) is 0 Å². The van der Waals surface area contributed by atoms with Gasteiger partial charge in [0.25, 0.3) is 0 Å². The lowest BCUT2D eigenvalue weighted by Crippen LogP contribution is -2.43. The van der Waals surface area contributed by atoms with E-state index in [1.54, 1.807) is 0 Å². The van der Waals surface area contributed by atoms with E-state index in [9.17, 15) is 4.79 Å². The van der Waals surface area contributed by atoms with Crippen molar-refractivity contribution < 1.29 is 9.53 Å². The molecule has 22 heavy (non-hydrogen) atoms. The van der Waals surface area contributed by atoms with Crippen LogP contribution in [0.25, 0.3) is 0 Å². The average molecular weight is 310 g/mol. The first-order valence-electron chi connectivity index (χ1n) is 8.45. The monoisotopic (exact) mass is 310 g/mol. The second-order valence-electron chi connectivity index (χ2n) is 3.78. The Balaban J connectivity index is 0. The summed E-state index contributed by atoms with van der Waals surface area (Å²) in [5, 5.41) is 3.31. The lowest BCUT2D eigenvalue weighted by molar-refractivity contribution is 0.0601. The highest BCUT2D eigenvalue weighted by Crippen LogP contribution is 2.16. The summed E-state index contributed by atoms with van der Waals surface area (Å²) >= 11 is 0. The molecule has 0 amide bonds. The molecule has 0 radical (unpaired) electrons. The first kappa shape index (κ1) is 22.7. The SMILES string of the molecule is CC.CC.CC.COC(=O)c1ccc(N2CCNCC2)cc1. The Morgan fingerprint density at radius 3 is 1.82 bits per heavy atom. The molecule has 0 saturated carbocycles. The van der Waals surface area contributed by atoms with Crippen LogP contribution in [0.15, 0.2) is 24.3 Å². The second kappa shape index (κ2) is 15.8. The largest absolute Gasteiger partial charge is 0.465 e. The number of rotatable bonds is 2. The van der Waals surface area contributed by atoms with E-state index in [-0.39, 0.29) is 5.97 Å². The number of anilines is 1. The van der Waals surface area contributed by atoms with Crippen LogP contribution in [0.2, 0.25) is 0 Å². The van der Waals surface area contributed by atoms with Gasteiger partial charge in [0.15, 0.2) is 0 Å². The molecule has 1 aliphatic heterocycles. The number of benzene rings is 1. The molecule has 1 aliphatic rings. The zero-order valence-corrected chi connectivity index (χ0v) is 15.4. The number of ether oxygens (including phenoxy) is 1. The summed E-state index contributed by atoms with van der Waals surface area (Å²) in [6, 6.07) is 7.56. The summed E-state index contributed by atoms with van der Waals surface area (Å²) in [5.41, 5.74) is 1.76. The number of esters is 1. The Morgan fingerprint density at radius 2 is 1.41 bits per heavy atom. The third-order valence-corrected chi connectivity index (χ3v) is 2.77. The van der Waals surface area contributed by atoms with Crippen molar-refractivity contribution in [3.05, 3.63) is 29.8 Å². The number of hydrogen-bond acceptors (Lipinski definition) is 4. The molecular formula is C18H34N2O2. The summed E-state index contributed by atoms with van der Waals surface area (Å²) in [6.07, 6.45) is 0. The smallest absolute Gasteiger partial charge is 0.337 e. The fraction of sp³-hybridized carbons (Fsp3) is 0.611. The zero-order valence-electron chi connectivity index (χ0n) is 15.4. The quantitative estimate of drug-likeness (QED) is 0.840. The Hall–Kier alpha value is -1.55. The van der Waals surface area contributed by atoms with Gasteiger partial charge in [0.1, 0.15) is 0 Å². The molecule has 0 aromatic heterocycles. The van der Waals surface area contributed by atoms with Gasteiger partial charge in [-0.2, -0.15) is 0 Å². The second-order valence-corrected chi connectivity index (χ2v) is 3.78. The molecule has 0 atom stereocenters. The van der Waals surface area contributed by atoms with Crippen molar-refractivity contribution in [2.75, 3.05) is 38.2 Å². The van der Waals surface area contributed by atoms with Crippen LogP contribution in [0.5, 0.6) is 0 Å². The molecule has 0 spiro atoms. The summed E-state index contributed by atoms with van der Waals surface area (Å²) in [6.45, 7) is 16.0. The summed E-state index contributed by atoms with van der Waals surface area (Å²) in [5.74, 6) is -0.285. The van der Waals surface area contributed by atoms with Crippen LogP contribution in [-0.4, -0.2) is 39.3 Å². The molecule has 0 unspecified atom stereocenters. The predicted octanol–water partition coefficient (Wildman–Crippen LogP) is 3.96. The Labute approximate surface area is 136 Å². The van der Waals surface area contributed by atoms with E-state index in [2.05, 4.69) is 15.0 Å². The summed E-state index contributed by atoms with van der Waals surface area (Å²) in [7, 11) is 1.40. The number of piperazine rings is 1. The van der Waals surface area contributed by atoms with Gasteiger partial charge in [-0.05, 0) is 24.3 Å². The Bertz CT molecular complexity index is 358. The lowest BCUT2D eigenvalue weighted by Gasteiger charge is -2.29. The minimum Gasteiger partial charge on any atom is -0.465 e. The summed E-state index contributed by atoms with van der Waals surface area (Å²) in [4.78, 5) is 13.6. The van der Waals surface area contributed by atoms with E-state index in [1.165, 1.54) is 7.11 Å². The molecule has 1 aromatic carbocycles. The van der Waals surface area contributed by atoms with Crippen LogP contribution < -0.4 is 10.2 Å². The van der Waals surface area contributed by atoms with Gasteiger partial charge in [-0.15, -0.1) is 0 Å². The minimum atomic E-state index is -0.285. The molecule has 1 heterocycles. The average Bonchev–Trinajstić information content (AvgIpc) is 2.67. The van der Waals surface area contributed by atoms with Crippen molar-refractivity contribution >= 4 is 11.7 Å². The maximum Gasteiger partial charge on any atom is 0.337 e. The van der Waals surface area contributed by atoms with E-state index < -0.39 is 0 Å². The van der Waals surface area contributed by atoms with E-state index in [1.807, 2.05) is 65.8 Å². The van der Waals surface area contributed by atoms with Gasteiger partial charge in [-0.25, -0.2) is 4.79 Å². The first-order valence-corrected chi connectivity index (χ1v) is 8.45. The molecule has 2 rings (SSSR count). The normalized spacial score (nSPS) is 12.4. The zero-order chi connectivity index (χ0) is 17.4. The van der Waals surface area contributed by atoms with Gasteiger partial charge in [0.2, 0.25) is 0 Å². The van der Waals surface area contributed by atoms with Crippen LogP contribution in [-0.2, 0) is 4.74 Å². The maximum atomic E-state index is 11.3. The number of methoxy groups -OCH3 is 1. The van der Waals surface area contributed by atoms with E-state index in [4.69, 9.17) is 0 Å². The van der Waals surface area contributed by atoms with E-state index in [0.717, 1.165) is 31.9 Å². The Kier molecular flexibility index (Phi) is 16.4. The van der Waals surface area contributed by atoms with Crippen molar-refractivity contribution in [3.63, 3.8) is 0 Å². The molecule has 1 saturated heterocycles. The van der Waals surface area contributed by atoms with Crippen LogP contribution in [0.1, 0.15) is 51.9 Å². The Morgan fingerprint density at radius 1 is 0.955 bits per heavy atom. The number of nitrogens with zero attached hydrogens (tertiary/aromatic N) is 1. The van der Waals surface area contributed by atoms with Crippen molar-refractivity contribution in [1.82, 2.24) is 5.32 Å². The number of hydrogen-bond donors (Lipinski definition) is 1. The van der Waals surface area contributed by atoms with E-state index in [0.29, 0.717) is 5.56 Å². The van der Waals surface area contributed by atoms with Gasteiger partial charge in [-0.3, -0.25) is 0 Å². The van der Waals surface area contributed by atoms with Gasteiger partial charge >= 0.3 is 5.97 Å². The lowest BCUT2D eigenvalue weighted by atomic mass is 10.2. The first-order chi connectivity index (χ1) is 10.8. The fourth-order valence-corrected chi connectivity index (χ4v) is 1.85. The summed E-state index contributed by atoms with van der Waals surface area (Å²) < 4.78 is 4.66. The third-order valence-electron chi connectivity index (χ3n) is 2.77. The topological polar surface area (TPSA) is 41.6 Å². The molecule has 4 nitrogen and oxygen atoms in total. The molecule has 1 N–H and O–H groups in total. The van der Waals surface area contributed by atoms with Crippen LogP contribution in [0, 0.1) is 0 Å². The third kappa shape index (κ3) is 8.03. The highest BCUT2D eigenvalue weighted by molar-refractivity contribution is 5.89. The van der Waals surface area contributed by atoms with Crippen LogP contribution in [0.3, 0.4) is 0 Å². The highest BCUT2D eigenvalue weighted by atomic mass is 16.5. The van der Waals surface area contributed by atoms with E-state index >= 15 is 0 Å². The van der Waals surface area contributed by atoms with Gasteiger partial charge in [0, 0.05) is 31.9 Å². The number of carbonyl (C=O) groups is 1. The van der Waals surface area contributed by atoms with Crippen molar-refractivity contribution in [3.8, 4) is 0 Å². The van der Waals surface area contributed by atoms with Crippen molar-refractivity contribution in [1.29, 1.82) is 0 Å². The minimum absolute atomic E-state index is 0.285. The fourth-order valence-electron chi connectivity index (χ4n) is 1.85. The van der Waals surface area contributed by atoms with Crippen molar-refractivity contribution in [2.45, 2.75) is 41.5 Å². The number of carbonyl (C=O) groups excluding carboxylic acids is 1. The highest BCUT2D eigenvalue weighted by Gasteiger charge is 2.11. The predicted molar refractivity (Wildman–Crippen MR) is 96.9 cm³/mol. The van der Waals surface area contributed by atoms with Crippen LogP contribution >= 0.6 is 0 Å². The van der Waals surface area contributed by atoms with Gasteiger partial charge in [0.05, 0.1) is 12.7 Å². The molecule has 0 aliphatic carbocycles. The van der Waals surface area contributed by atoms with Gasteiger partial charge < -0.3 is 15.0 Å².